The summed E-state index contributed by atoms with van der Waals surface area (Å²) in [6.07, 6.45) is 1.18. The van der Waals surface area contributed by atoms with Crippen molar-refractivity contribution >= 4 is 11.0 Å². The molecule has 0 radical (unpaired) electrons. The van der Waals surface area contributed by atoms with Crippen LogP contribution in [0.3, 0.4) is 0 Å². The van der Waals surface area contributed by atoms with Gasteiger partial charge < -0.3 is 0 Å². The molecule has 90 valence electrons. The number of aryl methyl sites for hydroxylation is 1. The number of aromatic amines is 1. The molecule has 1 N–H and O–H groups in total. The normalized spacial score (nSPS) is 11.0. The van der Waals surface area contributed by atoms with Crippen LogP contribution in [0.15, 0.2) is 35.3 Å². The van der Waals surface area contributed by atoms with E-state index in [1.165, 1.54) is 16.9 Å². The van der Waals surface area contributed by atoms with Gasteiger partial charge in [0.05, 0.1) is 17.3 Å². The van der Waals surface area contributed by atoms with Crippen LogP contribution >= 0.6 is 0 Å². The van der Waals surface area contributed by atoms with E-state index in [2.05, 4.69) is 15.3 Å². The van der Waals surface area contributed by atoms with Crippen LogP contribution in [0.2, 0.25) is 0 Å². The smallest absolute Gasteiger partial charge is 0.211 e. The topological polar surface area (TPSA) is 63.6 Å². The standard InChI is InChI=1S/C12H9FN4O/c1-7-11-10(18)6-14-15-12(11)17(16-7)9-5-3-2-4-8(9)13/h2-6H,1H3,(H,15,18). The molecule has 18 heavy (non-hydrogen) atoms. The predicted octanol–water partition coefficient (Wildman–Crippen LogP) is 1.56. The number of H-pyrrole nitrogens is 1. The van der Waals surface area contributed by atoms with E-state index in [0.717, 1.165) is 0 Å². The molecule has 0 unspecified atom stereocenters. The highest BCUT2D eigenvalue weighted by atomic mass is 19.1. The molecule has 6 heteroatoms. The van der Waals surface area contributed by atoms with Gasteiger partial charge in [-0.25, -0.2) is 9.07 Å². The lowest BCUT2D eigenvalue weighted by Crippen LogP contribution is -2.05. The van der Waals surface area contributed by atoms with Gasteiger partial charge in [0.15, 0.2) is 5.65 Å². The molecule has 5 nitrogen and oxygen atoms in total. The molecule has 0 aliphatic heterocycles. The van der Waals surface area contributed by atoms with E-state index in [1.807, 2.05) is 0 Å². The third-order valence-electron chi connectivity index (χ3n) is 2.74. The van der Waals surface area contributed by atoms with Crippen LogP contribution in [-0.4, -0.2) is 20.0 Å². The number of nitrogens with zero attached hydrogens (tertiary/aromatic N) is 3. The first-order valence-electron chi connectivity index (χ1n) is 5.36. The van der Waals surface area contributed by atoms with Crippen LogP contribution in [0.25, 0.3) is 16.7 Å². The van der Waals surface area contributed by atoms with Gasteiger partial charge in [-0.3, -0.25) is 9.89 Å². The fourth-order valence-electron chi connectivity index (χ4n) is 1.94. The molecule has 0 amide bonds. The molecule has 0 fully saturated rings. The van der Waals surface area contributed by atoms with Crippen LogP contribution in [0.5, 0.6) is 0 Å². The van der Waals surface area contributed by atoms with Gasteiger partial charge in [0.1, 0.15) is 11.5 Å². The molecule has 0 aliphatic carbocycles. The molecule has 0 bridgehead atoms. The Morgan fingerprint density at radius 2 is 2.11 bits per heavy atom. The molecule has 0 saturated heterocycles. The minimum atomic E-state index is -0.411. The van der Waals surface area contributed by atoms with Crippen molar-refractivity contribution in [2.75, 3.05) is 0 Å². The highest BCUT2D eigenvalue weighted by Gasteiger charge is 2.14. The lowest BCUT2D eigenvalue weighted by Gasteiger charge is -2.03. The van der Waals surface area contributed by atoms with E-state index < -0.39 is 5.82 Å². The molecular formula is C12H9FN4O. The summed E-state index contributed by atoms with van der Waals surface area (Å²) in [6.45, 7) is 1.70. The lowest BCUT2D eigenvalue weighted by molar-refractivity contribution is 0.611. The number of nitrogens with one attached hydrogen (secondary N) is 1. The van der Waals surface area contributed by atoms with Crippen molar-refractivity contribution in [1.29, 1.82) is 0 Å². The highest BCUT2D eigenvalue weighted by molar-refractivity contribution is 5.78. The van der Waals surface area contributed by atoms with Gasteiger partial charge in [-0.1, -0.05) is 12.1 Å². The summed E-state index contributed by atoms with van der Waals surface area (Å²) in [4.78, 5) is 11.7. The minimum absolute atomic E-state index is 0.233. The SMILES string of the molecule is Cc1nn(-c2ccccc2F)c2[nH]ncc(=O)c12. The summed E-state index contributed by atoms with van der Waals surface area (Å²) in [5.41, 5.74) is 0.977. The van der Waals surface area contributed by atoms with Gasteiger partial charge >= 0.3 is 0 Å². The summed E-state index contributed by atoms with van der Waals surface area (Å²) < 4.78 is 15.1. The fourth-order valence-corrected chi connectivity index (χ4v) is 1.94. The van der Waals surface area contributed by atoms with Gasteiger partial charge in [-0.2, -0.15) is 10.2 Å². The Balaban J connectivity index is 2.42. The monoisotopic (exact) mass is 244 g/mol. The number of hydrogen-bond donors (Lipinski definition) is 1. The van der Waals surface area contributed by atoms with E-state index in [-0.39, 0.29) is 11.1 Å². The first-order valence-corrected chi connectivity index (χ1v) is 5.36. The number of halogens is 1. The zero-order valence-electron chi connectivity index (χ0n) is 9.51. The average Bonchev–Trinajstić information content (AvgIpc) is 2.69. The fraction of sp³-hybridized carbons (Fsp3) is 0.0833. The summed E-state index contributed by atoms with van der Waals surface area (Å²) >= 11 is 0. The van der Waals surface area contributed by atoms with Crippen LogP contribution in [0, 0.1) is 12.7 Å². The van der Waals surface area contributed by atoms with Crippen molar-refractivity contribution < 1.29 is 4.39 Å². The maximum atomic E-state index is 13.7. The average molecular weight is 244 g/mol. The minimum Gasteiger partial charge on any atom is -0.287 e. The lowest BCUT2D eigenvalue weighted by atomic mass is 10.3. The molecule has 0 aliphatic rings. The van der Waals surface area contributed by atoms with E-state index in [0.29, 0.717) is 16.7 Å². The molecule has 2 heterocycles. The van der Waals surface area contributed by atoms with Crippen molar-refractivity contribution in [3.8, 4) is 5.69 Å². The Morgan fingerprint density at radius 1 is 1.33 bits per heavy atom. The number of aromatic nitrogens is 4. The Morgan fingerprint density at radius 3 is 2.89 bits per heavy atom. The second-order valence-electron chi connectivity index (χ2n) is 3.91. The van der Waals surface area contributed by atoms with Crippen molar-refractivity contribution in [3.63, 3.8) is 0 Å². The third kappa shape index (κ3) is 1.42. The van der Waals surface area contributed by atoms with Gasteiger partial charge in [0.2, 0.25) is 5.43 Å². The molecule has 0 saturated carbocycles. The second kappa shape index (κ2) is 3.76. The Labute approximate surface area is 101 Å². The van der Waals surface area contributed by atoms with Crippen LogP contribution < -0.4 is 5.43 Å². The number of benzene rings is 1. The molecule has 3 aromatic rings. The van der Waals surface area contributed by atoms with Crippen molar-refractivity contribution in [2.24, 2.45) is 0 Å². The largest absolute Gasteiger partial charge is 0.287 e. The van der Waals surface area contributed by atoms with Gasteiger partial charge in [0.25, 0.3) is 0 Å². The number of fused-ring (bicyclic) bond motifs is 1. The second-order valence-corrected chi connectivity index (χ2v) is 3.91. The van der Waals surface area contributed by atoms with E-state index in [4.69, 9.17) is 0 Å². The molecule has 1 aromatic carbocycles. The molecule has 0 spiro atoms. The number of hydrogen-bond acceptors (Lipinski definition) is 3. The van der Waals surface area contributed by atoms with Gasteiger partial charge in [-0.05, 0) is 19.1 Å². The number of para-hydroxylation sites is 1. The maximum Gasteiger partial charge on any atom is 0.211 e. The first-order chi connectivity index (χ1) is 8.68. The third-order valence-corrected chi connectivity index (χ3v) is 2.74. The summed E-state index contributed by atoms with van der Waals surface area (Å²) in [5, 5.41) is 11.0. The summed E-state index contributed by atoms with van der Waals surface area (Å²) in [7, 11) is 0. The Hall–Kier alpha value is -2.50. The zero-order valence-corrected chi connectivity index (χ0v) is 9.51. The van der Waals surface area contributed by atoms with Crippen LogP contribution in [0.4, 0.5) is 4.39 Å². The summed E-state index contributed by atoms with van der Waals surface area (Å²) in [5.74, 6) is -0.411. The molecule has 0 atom stereocenters. The Bertz CT molecular complexity index is 790. The highest BCUT2D eigenvalue weighted by Crippen LogP contribution is 2.18. The zero-order chi connectivity index (χ0) is 12.7. The van der Waals surface area contributed by atoms with Crippen LogP contribution in [0.1, 0.15) is 5.69 Å². The molecular weight excluding hydrogens is 235 g/mol. The molecule has 3 rings (SSSR count). The van der Waals surface area contributed by atoms with E-state index in [1.54, 1.807) is 25.1 Å². The Kier molecular flexibility index (Phi) is 2.22. The van der Waals surface area contributed by atoms with E-state index >= 15 is 0 Å². The van der Waals surface area contributed by atoms with Crippen molar-refractivity contribution in [1.82, 2.24) is 20.0 Å². The first kappa shape index (κ1) is 10.6. The predicted molar refractivity (Wildman–Crippen MR) is 64.2 cm³/mol. The quantitative estimate of drug-likeness (QED) is 0.706. The van der Waals surface area contributed by atoms with Crippen LogP contribution in [-0.2, 0) is 0 Å². The van der Waals surface area contributed by atoms with Crippen molar-refractivity contribution in [2.45, 2.75) is 6.92 Å². The summed E-state index contributed by atoms with van der Waals surface area (Å²) in [6, 6.07) is 6.23. The molecule has 2 aromatic heterocycles. The van der Waals surface area contributed by atoms with E-state index in [9.17, 15) is 9.18 Å². The maximum absolute atomic E-state index is 13.7. The van der Waals surface area contributed by atoms with Crippen molar-refractivity contribution in [3.05, 3.63) is 52.2 Å². The van der Waals surface area contributed by atoms with Gasteiger partial charge in [-0.15, -0.1) is 0 Å². The number of rotatable bonds is 1. The van der Waals surface area contributed by atoms with Gasteiger partial charge in [0, 0.05) is 0 Å².